The van der Waals surface area contributed by atoms with Gasteiger partial charge in [0.25, 0.3) is 0 Å². The second-order valence-corrected chi connectivity index (χ2v) is 6.05. The van der Waals surface area contributed by atoms with Crippen molar-refractivity contribution in [2.75, 3.05) is 26.1 Å². The number of anilines is 1. The monoisotopic (exact) mass is 331 g/mol. The molecular weight excluding hydrogens is 310 g/mol. The molecule has 3 nitrogen and oxygen atoms in total. The first-order valence-corrected chi connectivity index (χ1v) is 8.15. The first kappa shape index (κ1) is 16.8. The van der Waals surface area contributed by atoms with Crippen molar-refractivity contribution < 1.29 is 9.53 Å². The average molecular weight is 331 g/mol. The number of hydrogen-bond acceptors (Lipinski definition) is 3. The van der Waals surface area contributed by atoms with E-state index in [0.717, 1.165) is 22.0 Å². The molecule has 0 aliphatic carbocycles. The first-order chi connectivity index (χ1) is 12.1. The Bertz CT molecular complexity index is 924. The molecule has 0 amide bonds. The van der Waals surface area contributed by atoms with Crippen LogP contribution in [0.15, 0.2) is 66.7 Å². The topological polar surface area (TPSA) is 29.5 Å². The predicted molar refractivity (Wildman–Crippen MR) is 105 cm³/mol. The molecule has 0 unspecified atom stereocenters. The minimum atomic E-state index is -0.0645. The molecule has 3 aromatic rings. The molecule has 3 aromatic carbocycles. The summed E-state index contributed by atoms with van der Waals surface area (Å²) in [6.07, 6.45) is 3.44. The highest BCUT2D eigenvalue weighted by atomic mass is 16.5. The van der Waals surface area contributed by atoms with Crippen LogP contribution >= 0.6 is 0 Å². The average Bonchev–Trinajstić information content (AvgIpc) is 2.65. The van der Waals surface area contributed by atoms with Crippen molar-refractivity contribution in [1.82, 2.24) is 0 Å². The summed E-state index contributed by atoms with van der Waals surface area (Å²) in [6, 6.07) is 19.7. The zero-order chi connectivity index (χ0) is 17.8. The van der Waals surface area contributed by atoms with Crippen molar-refractivity contribution in [3.05, 3.63) is 77.9 Å². The molecular formula is C22H21NO2. The van der Waals surface area contributed by atoms with Gasteiger partial charge in [-0.1, -0.05) is 48.5 Å². The Morgan fingerprint density at radius 1 is 0.960 bits per heavy atom. The highest BCUT2D eigenvalue weighted by molar-refractivity contribution is 6.16. The van der Waals surface area contributed by atoms with Gasteiger partial charge in [-0.25, -0.2) is 0 Å². The first-order valence-electron chi connectivity index (χ1n) is 8.15. The predicted octanol–water partition coefficient (Wildman–Crippen LogP) is 4.81. The van der Waals surface area contributed by atoms with E-state index in [4.69, 9.17) is 4.74 Å². The van der Waals surface area contributed by atoms with Crippen LogP contribution in [0.2, 0.25) is 0 Å². The molecule has 0 spiro atoms. The number of methoxy groups -OCH3 is 1. The quantitative estimate of drug-likeness (QED) is 0.496. The van der Waals surface area contributed by atoms with E-state index in [1.54, 1.807) is 13.2 Å². The van der Waals surface area contributed by atoms with Crippen LogP contribution in [-0.4, -0.2) is 27.0 Å². The van der Waals surface area contributed by atoms with Gasteiger partial charge in [-0.15, -0.1) is 0 Å². The number of allylic oxidation sites excluding steroid dienone is 1. The van der Waals surface area contributed by atoms with Gasteiger partial charge < -0.3 is 9.64 Å². The normalized spacial score (nSPS) is 11.0. The van der Waals surface area contributed by atoms with E-state index in [9.17, 15) is 4.79 Å². The number of hydrogen-bond donors (Lipinski definition) is 0. The third kappa shape index (κ3) is 3.56. The lowest BCUT2D eigenvalue weighted by molar-refractivity contribution is 0.104. The summed E-state index contributed by atoms with van der Waals surface area (Å²) in [5.74, 6) is 0.529. The van der Waals surface area contributed by atoms with Crippen LogP contribution < -0.4 is 9.64 Å². The lowest BCUT2D eigenvalue weighted by atomic mass is 9.99. The van der Waals surface area contributed by atoms with Crippen LogP contribution in [0.3, 0.4) is 0 Å². The molecule has 0 fully saturated rings. The van der Waals surface area contributed by atoms with Crippen molar-refractivity contribution >= 4 is 28.3 Å². The van der Waals surface area contributed by atoms with Crippen LogP contribution in [-0.2, 0) is 0 Å². The van der Waals surface area contributed by atoms with Crippen LogP contribution in [0.25, 0.3) is 16.8 Å². The van der Waals surface area contributed by atoms with E-state index >= 15 is 0 Å². The van der Waals surface area contributed by atoms with Crippen molar-refractivity contribution in [1.29, 1.82) is 0 Å². The SMILES string of the molecule is COc1ccc2ccccc2c1C(=O)/C=C/c1ccc(N(C)C)cc1. The number of carbonyl (C=O) groups is 1. The molecule has 0 saturated carbocycles. The summed E-state index contributed by atoms with van der Waals surface area (Å²) in [6.45, 7) is 0. The minimum Gasteiger partial charge on any atom is -0.496 e. The van der Waals surface area contributed by atoms with E-state index in [1.165, 1.54) is 0 Å². The summed E-state index contributed by atoms with van der Waals surface area (Å²) in [5, 5.41) is 1.93. The van der Waals surface area contributed by atoms with Crippen LogP contribution in [0.5, 0.6) is 5.75 Å². The van der Waals surface area contributed by atoms with E-state index in [-0.39, 0.29) is 5.78 Å². The minimum absolute atomic E-state index is 0.0645. The van der Waals surface area contributed by atoms with Gasteiger partial charge in [0.15, 0.2) is 5.78 Å². The maximum absolute atomic E-state index is 12.8. The molecule has 3 heteroatoms. The van der Waals surface area contributed by atoms with Gasteiger partial charge in [0, 0.05) is 19.8 Å². The maximum atomic E-state index is 12.8. The van der Waals surface area contributed by atoms with Crippen molar-refractivity contribution in [3.8, 4) is 5.75 Å². The number of ether oxygens (including phenoxy) is 1. The molecule has 0 radical (unpaired) electrons. The van der Waals surface area contributed by atoms with Crippen LogP contribution in [0.4, 0.5) is 5.69 Å². The summed E-state index contributed by atoms with van der Waals surface area (Å²) in [5.41, 5.74) is 2.71. The molecule has 0 aliphatic rings. The van der Waals surface area contributed by atoms with Crippen molar-refractivity contribution in [3.63, 3.8) is 0 Å². The Balaban J connectivity index is 1.94. The molecule has 25 heavy (non-hydrogen) atoms. The summed E-state index contributed by atoms with van der Waals surface area (Å²) in [4.78, 5) is 14.9. The van der Waals surface area contributed by atoms with Crippen LogP contribution in [0, 0.1) is 0 Å². The van der Waals surface area contributed by atoms with Crippen molar-refractivity contribution in [2.45, 2.75) is 0 Å². The second-order valence-electron chi connectivity index (χ2n) is 6.05. The standard InChI is InChI=1S/C22H21NO2/c1-23(2)18-12-8-16(9-13-18)10-14-20(24)22-19-7-5-4-6-17(19)11-15-21(22)25-3/h4-15H,1-3H3/b14-10+. The van der Waals surface area contributed by atoms with Gasteiger partial charge in [-0.2, -0.15) is 0 Å². The Labute approximate surface area is 148 Å². The van der Waals surface area contributed by atoms with Gasteiger partial charge in [0.05, 0.1) is 12.7 Å². The lowest BCUT2D eigenvalue weighted by Crippen LogP contribution is -2.07. The van der Waals surface area contributed by atoms with Gasteiger partial charge in [0.2, 0.25) is 0 Å². The van der Waals surface area contributed by atoms with Crippen LogP contribution in [0.1, 0.15) is 15.9 Å². The molecule has 0 aliphatic heterocycles. The number of rotatable bonds is 5. The largest absolute Gasteiger partial charge is 0.496 e. The molecule has 0 atom stereocenters. The molecule has 0 heterocycles. The number of nitrogens with zero attached hydrogens (tertiary/aromatic N) is 1. The highest BCUT2D eigenvalue weighted by Crippen LogP contribution is 2.28. The van der Waals surface area contributed by atoms with Gasteiger partial charge in [-0.05, 0) is 40.6 Å². The van der Waals surface area contributed by atoms with Gasteiger partial charge in [-0.3, -0.25) is 4.79 Å². The zero-order valence-electron chi connectivity index (χ0n) is 14.7. The molecule has 3 rings (SSSR count). The maximum Gasteiger partial charge on any atom is 0.190 e. The third-order valence-electron chi connectivity index (χ3n) is 4.19. The number of fused-ring (bicyclic) bond motifs is 1. The lowest BCUT2D eigenvalue weighted by Gasteiger charge is -2.12. The Kier molecular flexibility index (Phi) is 4.85. The van der Waals surface area contributed by atoms with Crippen molar-refractivity contribution in [2.24, 2.45) is 0 Å². The molecule has 126 valence electrons. The molecule has 0 aromatic heterocycles. The van der Waals surface area contributed by atoms with E-state index in [2.05, 4.69) is 0 Å². The Hall–Kier alpha value is -3.07. The molecule has 0 N–H and O–H groups in total. The number of ketones is 1. The number of carbonyl (C=O) groups excluding carboxylic acids is 1. The fraction of sp³-hybridized carbons (Fsp3) is 0.136. The number of benzene rings is 3. The zero-order valence-corrected chi connectivity index (χ0v) is 14.7. The summed E-state index contributed by atoms with van der Waals surface area (Å²) in [7, 11) is 5.59. The fourth-order valence-corrected chi connectivity index (χ4v) is 2.81. The molecule has 0 bridgehead atoms. The third-order valence-corrected chi connectivity index (χ3v) is 4.19. The Morgan fingerprint density at radius 3 is 2.36 bits per heavy atom. The smallest absolute Gasteiger partial charge is 0.190 e. The van der Waals surface area contributed by atoms with Gasteiger partial charge in [0.1, 0.15) is 5.75 Å². The molecule has 0 saturated heterocycles. The van der Waals surface area contributed by atoms with E-state index < -0.39 is 0 Å². The van der Waals surface area contributed by atoms with E-state index in [1.807, 2.05) is 85.7 Å². The Morgan fingerprint density at radius 2 is 1.68 bits per heavy atom. The summed E-state index contributed by atoms with van der Waals surface area (Å²) < 4.78 is 5.41. The van der Waals surface area contributed by atoms with Gasteiger partial charge >= 0.3 is 0 Å². The van der Waals surface area contributed by atoms with E-state index in [0.29, 0.717) is 11.3 Å². The second kappa shape index (κ2) is 7.22. The highest BCUT2D eigenvalue weighted by Gasteiger charge is 2.13. The fourth-order valence-electron chi connectivity index (χ4n) is 2.81. The summed E-state index contributed by atoms with van der Waals surface area (Å²) >= 11 is 0.